The van der Waals surface area contributed by atoms with Gasteiger partial charge in [-0.1, -0.05) is 5.16 Å². The number of nitrogens with zero attached hydrogens (tertiary/aromatic N) is 1. The fourth-order valence-corrected chi connectivity index (χ4v) is 1.72. The first-order chi connectivity index (χ1) is 10.1. The van der Waals surface area contributed by atoms with Crippen LogP contribution < -0.4 is 14.2 Å². The molecule has 0 saturated heterocycles. The van der Waals surface area contributed by atoms with E-state index in [0.717, 1.165) is 0 Å². The number of rotatable bonds is 7. The molecule has 0 N–H and O–H groups in total. The van der Waals surface area contributed by atoms with Crippen molar-refractivity contribution in [3.8, 4) is 17.2 Å². The van der Waals surface area contributed by atoms with Crippen LogP contribution in [0.2, 0.25) is 0 Å². The number of hydrogen-bond acceptors (Lipinski definition) is 7. The topological polar surface area (TPSA) is 75.6 Å². The van der Waals surface area contributed by atoms with E-state index in [9.17, 15) is 4.79 Å². The van der Waals surface area contributed by atoms with Gasteiger partial charge in [-0.05, 0) is 19.1 Å². The molecule has 0 radical (unpaired) electrons. The third-order valence-electron chi connectivity index (χ3n) is 2.59. The lowest BCUT2D eigenvalue weighted by Gasteiger charge is -2.14. The van der Waals surface area contributed by atoms with Gasteiger partial charge < -0.3 is 23.8 Å². The van der Waals surface area contributed by atoms with Crippen LogP contribution in [0.15, 0.2) is 17.3 Å². The number of benzene rings is 1. The van der Waals surface area contributed by atoms with Crippen molar-refractivity contribution in [1.29, 1.82) is 0 Å². The van der Waals surface area contributed by atoms with E-state index in [0.29, 0.717) is 22.8 Å². The Hall–Kier alpha value is -2.44. The summed E-state index contributed by atoms with van der Waals surface area (Å²) in [6, 6.07) is 3.19. The first-order valence-electron chi connectivity index (χ1n) is 6.21. The SMILES string of the molecule is CCOC(=O)C(=NOC)c1cc(OC)c(OC)c(OC)c1. The summed E-state index contributed by atoms with van der Waals surface area (Å²) in [5, 5.41) is 3.71. The molecule has 0 atom stereocenters. The molecule has 0 aliphatic rings. The van der Waals surface area contributed by atoms with Crippen molar-refractivity contribution < 1.29 is 28.6 Å². The maximum atomic E-state index is 11.9. The number of esters is 1. The number of carbonyl (C=O) groups excluding carboxylic acids is 1. The molecule has 1 rings (SSSR count). The van der Waals surface area contributed by atoms with Gasteiger partial charge in [-0.2, -0.15) is 0 Å². The minimum Gasteiger partial charge on any atom is -0.493 e. The van der Waals surface area contributed by atoms with Gasteiger partial charge >= 0.3 is 5.97 Å². The second-order valence-corrected chi connectivity index (χ2v) is 3.76. The van der Waals surface area contributed by atoms with Gasteiger partial charge in [0.2, 0.25) is 5.75 Å². The van der Waals surface area contributed by atoms with Gasteiger partial charge in [-0.15, -0.1) is 0 Å². The van der Waals surface area contributed by atoms with Crippen LogP contribution in [0.5, 0.6) is 17.2 Å². The highest BCUT2D eigenvalue weighted by Crippen LogP contribution is 2.38. The first kappa shape index (κ1) is 16.6. The summed E-state index contributed by atoms with van der Waals surface area (Å²) in [6.07, 6.45) is 0. The van der Waals surface area contributed by atoms with Crippen molar-refractivity contribution in [3.63, 3.8) is 0 Å². The van der Waals surface area contributed by atoms with E-state index in [4.69, 9.17) is 23.8 Å². The maximum absolute atomic E-state index is 11.9. The molecule has 0 amide bonds. The van der Waals surface area contributed by atoms with Gasteiger partial charge in [0.1, 0.15) is 7.11 Å². The largest absolute Gasteiger partial charge is 0.493 e. The lowest BCUT2D eigenvalue weighted by atomic mass is 10.1. The third kappa shape index (κ3) is 3.77. The lowest BCUT2D eigenvalue weighted by Crippen LogP contribution is -2.19. The summed E-state index contributed by atoms with van der Waals surface area (Å²) >= 11 is 0. The van der Waals surface area contributed by atoms with E-state index >= 15 is 0 Å². The predicted octanol–water partition coefficient (Wildman–Crippen LogP) is 1.63. The van der Waals surface area contributed by atoms with Crippen molar-refractivity contribution in [2.24, 2.45) is 5.16 Å². The quantitative estimate of drug-likeness (QED) is 0.432. The van der Waals surface area contributed by atoms with Crippen LogP contribution in [-0.4, -0.2) is 46.7 Å². The molecule has 116 valence electrons. The van der Waals surface area contributed by atoms with Crippen LogP contribution in [0.1, 0.15) is 12.5 Å². The molecule has 0 fully saturated rings. The van der Waals surface area contributed by atoms with Crippen molar-refractivity contribution >= 4 is 11.7 Å². The number of carbonyl (C=O) groups is 1. The zero-order chi connectivity index (χ0) is 15.8. The summed E-state index contributed by atoms with van der Waals surface area (Å²) in [4.78, 5) is 16.6. The van der Waals surface area contributed by atoms with Gasteiger partial charge in [0.25, 0.3) is 0 Å². The summed E-state index contributed by atoms with van der Waals surface area (Å²) in [5.41, 5.74) is 0.448. The lowest BCUT2D eigenvalue weighted by molar-refractivity contribution is -0.135. The zero-order valence-corrected chi connectivity index (χ0v) is 12.8. The Morgan fingerprint density at radius 1 is 1.05 bits per heavy atom. The van der Waals surface area contributed by atoms with Crippen LogP contribution in [-0.2, 0) is 14.4 Å². The number of ether oxygens (including phenoxy) is 4. The van der Waals surface area contributed by atoms with Crippen LogP contribution in [0.3, 0.4) is 0 Å². The molecule has 0 spiro atoms. The molecule has 0 unspecified atom stereocenters. The van der Waals surface area contributed by atoms with Gasteiger partial charge in [0.15, 0.2) is 17.2 Å². The number of methoxy groups -OCH3 is 3. The highest BCUT2D eigenvalue weighted by molar-refractivity contribution is 6.43. The van der Waals surface area contributed by atoms with Crippen LogP contribution in [0, 0.1) is 0 Å². The Morgan fingerprint density at radius 3 is 2.00 bits per heavy atom. The van der Waals surface area contributed by atoms with Crippen LogP contribution >= 0.6 is 0 Å². The molecule has 7 nitrogen and oxygen atoms in total. The maximum Gasteiger partial charge on any atom is 0.361 e. The van der Waals surface area contributed by atoms with Gasteiger partial charge in [0, 0.05) is 5.56 Å². The molecule has 1 aromatic carbocycles. The van der Waals surface area contributed by atoms with Crippen LogP contribution in [0.4, 0.5) is 0 Å². The molecule has 7 heteroatoms. The Balaban J connectivity index is 3.39. The van der Waals surface area contributed by atoms with Gasteiger partial charge in [0.05, 0.1) is 27.9 Å². The minimum atomic E-state index is -0.603. The second-order valence-electron chi connectivity index (χ2n) is 3.76. The van der Waals surface area contributed by atoms with E-state index < -0.39 is 5.97 Å². The van der Waals surface area contributed by atoms with Crippen molar-refractivity contribution in [2.45, 2.75) is 6.92 Å². The molecule has 0 aliphatic carbocycles. The zero-order valence-electron chi connectivity index (χ0n) is 12.8. The number of oxime groups is 1. The Labute approximate surface area is 123 Å². The van der Waals surface area contributed by atoms with E-state index in [-0.39, 0.29) is 12.3 Å². The average Bonchev–Trinajstić information content (AvgIpc) is 2.51. The van der Waals surface area contributed by atoms with E-state index in [1.807, 2.05) is 0 Å². The highest BCUT2D eigenvalue weighted by Gasteiger charge is 2.21. The molecule has 21 heavy (non-hydrogen) atoms. The summed E-state index contributed by atoms with van der Waals surface area (Å²) in [6.45, 7) is 1.93. The smallest absolute Gasteiger partial charge is 0.361 e. The molecule has 0 aliphatic heterocycles. The summed E-state index contributed by atoms with van der Waals surface area (Å²) in [5.74, 6) is 0.623. The fraction of sp³-hybridized carbons (Fsp3) is 0.429. The van der Waals surface area contributed by atoms with Crippen molar-refractivity contribution in [3.05, 3.63) is 17.7 Å². The van der Waals surface area contributed by atoms with E-state index in [1.54, 1.807) is 19.1 Å². The number of hydrogen-bond donors (Lipinski definition) is 0. The molecule has 1 aromatic rings. The molecule has 0 bridgehead atoms. The average molecular weight is 297 g/mol. The summed E-state index contributed by atoms with van der Waals surface area (Å²) in [7, 11) is 5.81. The minimum absolute atomic E-state index is 0.0126. The normalized spacial score (nSPS) is 10.8. The summed E-state index contributed by atoms with van der Waals surface area (Å²) < 4.78 is 20.6. The second kappa shape index (κ2) is 7.98. The third-order valence-corrected chi connectivity index (χ3v) is 2.59. The molecule has 0 heterocycles. The van der Waals surface area contributed by atoms with Gasteiger partial charge in [-0.25, -0.2) is 4.79 Å². The van der Waals surface area contributed by atoms with Gasteiger partial charge in [-0.3, -0.25) is 0 Å². The van der Waals surface area contributed by atoms with E-state index in [1.165, 1.54) is 28.4 Å². The Morgan fingerprint density at radius 2 is 1.62 bits per heavy atom. The monoisotopic (exact) mass is 297 g/mol. The van der Waals surface area contributed by atoms with Crippen LogP contribution in [0.25, 0.3) is 0 Å². The molecular formula is C14H19NO6. The fourth-order valence-electron chi connectivity index (χ4n) is 1.72. The van der Waals surface area contributed by atoms with Crippen molar-refractivity contribution in [1.82, 2.24) is 0 Å². The van der Waals surface area contributed by atoms with Crippen molar-refractivity contribution in [2.75, 3.05) is 35.0 Å². The van der Waals surface area contributed by atoms with E-state index in [2.05, 4.69) is 5.16 Å². The first-order valence-corrected chi connectivity index (χ1v) is 6.21. The molecule has 0 saturated carbocycles. The standard InChI is InChI=1S/C14H19NO6/c1-6-21-14(16)12(15-20-5)9-7-10(17-2)13(19-4)11(8-9)18-3/h7-8H,6H2,1-5H3. The molecular weight excluding hydrogens is 278 g/mol. The highest BCUT2D eigenvalue weighted by atomic mass is 16.6. The molecule has 0 aromatic heterocycles. The Kier molecular flexibility index (Phi) is 6.32. The Bertz CT molecular complexity index is 501. The predicted molar refractivity (Wildman–Crippen MR) is 76.3 cm³/mol.